The third-order valence-corrected chi connectivity index (χ3v) is 3.05. The fourth-order valence-electron chi connectivity index (χ4n) is 0.785. The molecule has 96 valence electrons. The van der Waals surface area contributed by atoms with E-state index in [2.05, 4.69) is 14.1 Å². The average Bonchev–Trinajstić information content (AvgIpc) is 2.23. The summed E-state index contributed by atoms with van der Waals surface area (Å²) in [6, 6.07) is -0.887. The molecule has 6 nitrogen and oxygen atoms in total. The van der Waals surface area contributed by atoms with Crippen LogP contribution in [0.5, 0.6) is 0 Å². The third kappa shape index (κ3) is 5.82. The molecule has 0 saturated carbocycles. The van der Waals surface area contributed by atoms with E-state index in [1.807, 2.05) is 6.92 Å². The summed E-state index contributed by atoms with van der Waals surface area (Å²) in [7, 11) is 0. The highest BCUT2D eigenvalue weighted by Crippen LogP contribution is 2.54. The van der Waals surface area contributed by atoms with Gasteiger partial charge in [-0.3, -0.25) is 0 Å². The predicted octanol–water partition coefficient (Wildman–Crippen LogP) is 2.22. The quantitative estimate of drug-likeness (QED) is 0.435. The van der Waals surface area contributed by atoms with E-state index in [9.17, 15) is 9.36 Å². The molecular formula is C8H17ClNO5P. The SMILES string of the molecule is CCOOP(=O)(Cl)OC(=O)[C@@H](N)[C@@H](C)CC. The van der Waals surface area contributed by atoms with Crippen LogP contribution >= 0.6 is 18.2 Å². The normalized spacial score (nSPS) is 18.6. The summed E-state index contributed by atoms with van der Waals surface area (Å²) in [6.45, 7) is 1.32. The molecule has 0 radical (unpaired) electrons. The molecule has 0 heterocycles. The van der Waals surface area contributed by atoms with Gasteiger partial charge in [0.25, 0.3) is 0 Å². The highest BCUT2D eigenvalue weighted by atomic mass is 35.7. The molecule has 2 N–H and O–H groups in total. The second-order valence-electron chi connectivity index (χ2n) is 3.23. The van der Waals surface area contributed by atoms with E-state index in [-0.39, 0.29) is 12.5 Å². The lowest BCUT2D eigenvalue weighted by atomic mass is 10.0. The highest BCUT2D eigenvalue weighted by Gasteiger charge is 2.32. The van der Waals surface area contributed by atoms with Gasteiger partial charge < -0.3 is 10.3 Å². The van der Waals surface area contributed by atoms with Crippen molar-refractivity contribution < 1.29 is 23.4 Å². The molecule has 1 unspecified atom stereocenters. The largest absolute Gasteiger partial charge is 0.505 e. The van der Waals surface area contributed by atoms with Crippen molar-refractivity contribution in [2.75, 3.05) is 6.61 Å². The Balaban J connectivity index is 4.27. The zero-order valence-corrected chi connectivity index (χ0v) is 11.2. The minimum absolute atomic E-state index is 0.101. The van der Waals surface area contributed by atoms with Crippen molar-refractivity contribution in [2.24, 2.45) is 11.7 Å². The Kier molecular flexibility index (Phi) is 7.19. The van der Waals surface area contributed by atoms with Crippen LogP contribution in [0.1, 0.15) is 27.2 Å². The molecule has 0 aromatic heterocycles. The van der Waals surface area contributed by atoms with Gasteiger partial charge in [-0.1, -0.05) is 20.3 Å². The van der Waals surface area contributed by atoms with Gasteiger partial charge in [-0.2, -0.15) is 0 Å². The van der Waals surface area contributed by atoms with E-state index in [4.69, 9.17) is 17.0 Å². The fourth-order valence-corrected chi connectivity index (χ4v) is 1.71. The number of nitrogens with two attached hydrogens (primary N) is 1. The molecule has 0 aromatic carbocycles. The molecular weight excluding hydrogens is 257 g/mol. The lowest BCUT2D eigenvalue weighted by Gasteiger charge is -2.17. The maximum atomic E-state index is 11.4. The molecule has 8 heteroatoms. The average molecular weight is 274 g/mol. The molecule has 0 saturated heterocycles. The van der Waals surface area contributed by atoms with Gasteiger partial charge in [0.2, 0.25) is 0 Å². The molecule has 0 bridgehead atoms. The van der Waals surface area contributed by atoms with E-state index >= 15 is 0 Å². The van der Waals surface area contributed by atoms with Crippen molar-refractivity contribution in [3.05, 3.63) is 0 Å². The summed E-state index contributed by atoms with van der Waals surface area (Å²) < 4.78 is 20.0. The second kappa shape index (κ2) is 7.25. The first-order valence-corrected chi connectivity index (χ1v) is 7.38. The van der Waals surface area contributed by atoms with Crippen molar-refractivity contribution in [1.82, 2.24) is 0 Å². The summed E-state index contributed by atoms with van der Waals surface area (Å²) in [4.78, 5) is 15.7. The first-order valence-electron chi connectivity index (χ1n) is 4.94. The monoisotopic (exact) mass is 273 g/mol. The number of rotatable bonds is 7. The highest BCUT2D eigenvalue weighted by molar-refractivity contribution is 7.81. The second-order valence-corrected chi connectivity index (χ2v) is 5.67. The standard InChI is InChI=1S/C8H17ClNO5P/c1-4-6(3)7(10)8(11)14-16(9,12)15-13-5-2/h6-7H,4-5,10H2,1-3H3/t6-,7-,16?/m0/s1. The Morgan fingerprint density at radius 1 is 1.50 bits per heavy atom. The van der Waals surface area contributed by atoms with Crippen LogP contribution in [0.25, 0.3) is 0 Å². The maximum Gasteiger partial charge on any atom is 0.505 e. The summed E-state index contributed by atoms with van der Waals surface area (Å²) >= 11 is 5.31. The zero-order chi connectivity index (χ0) is 12.8. The van der Waals surface area contributed by atoms with Crippen LogP contribution in [0.3, 0.4) is 0 Å². The maximum absolute atomic E-state index is 11.4. The lowest BCUT2D eigenvalue weighted by Crippen LogP contribution is -2.37. The van der Waals surface area contributed by atoms with Gasteiger partial charge in [0, 0.05) is 11.2 Å². The van der Waals surface area contributed by atoms with Crippen LogP contribution in [0.4, 0.5) is 0 Å². The number of carbonyl (C=O) groups is 1. The first kappa shape index (κ1) is 15.9. The first-order chi connectivity index (χ1) is 7.34. The van der Waals surface area contributed by atoms with Gasteiger partial charge in [-0.05, 0) is 12.8 Å². The predicted molar refractivity (Wildman–Crippen MR) is 59.7 cm³/mol. The molecule has 0 amide bonds. The zero-order valence-electron chi connectivity index (χ0n) is 9.51. The van der Waals surface area contributed by atoms with E-state index in [0.717, 1.165) is 0 Å². The Morgan fingerprint density at radius 2 is 2.06 bits per heavy atom. The summed E-state index contributed by atoms with van der Waals surface area (Å²) in [6.07, 6.45) is 0.690. The van der Waals surface area contributed by atoms with Crippen LogP contribution in [0.2, 0.25) is 0 Å². The van der Waals surface area contributed by atoms with Crippen LogP contribution in [0.15, 0.2) is 0 Å². The Labute approximate surface area is 99.6 Å². The van der Waals surface area contributed by atoms with Crippen LogP contribution in [0, 0.1) is 5.92 Å². The molecule has 16 heavy (non-hydrogen) atoms. The van der Waals surface area contributed by atoms with Gasteiger partial charge in [0.05, 0.1) is 6.61 Å². The number of carbonyl (C=O) groups excluding carboxylic acids is 1. The molecule has 0 spiro atoms. The van der Waals surface area contributed by atoms with Crippen LogP contribution < -0.4 is 5.73 Å². The summed E-state index contributed by atoms with van der Waals surface area (Å²) in [5, 5.41) is 0. The third-order valence-electron chi connectivity index (χ3n) is 1.99. The molecule has 0 rings (SSSR count). The summed E-state index contributed by atoms with van der Waals surface area (Å²) in [5.74, 6) is -0.969. The number of hydrogen-bond acceptors (Lipinski definition) is 6. The van der Waals surface area contributed by atoms with E-state index < -0.39 is 19.0 Å². The number of halogens is 1. The Hall–Kier alpha value is -0.130. The van der Waals surface area contributed by atoms with Gasteiger partial charge in [0.1, 0.15) is 6.04 Å². The van der Waals surface area contributed by atoms with Gasteiger partial charge in [-0.25, -0.2) is 14.2 Å². The van der Waals surface area contributed by atoms with E-state index in [1.165, 1.54) is 0 Å². The van der Waals surface area contributed by atoms with Crippen molar-refractivity contribution in [2.45, 2.75) is 33.2 Å². The van der Waals surface area contributed by atoms with Crippen LogP contribution in [-0.2, 0) is 23.4 Å². The molecule has 0 aliphatic carbocycles. The molecule has 0 aromatic rings. The van der Waals surface area contributed by atoms with Crippen molar-refractivity contribution in [1.29, 1.82) is 0 Å². The summed E-state index contributed by atoms with van der Waals surface area (Å²) in [5.41, 5.74) is 5.56. The lowest BCUT2D eigenvalue weighted by molar-refractivity contribution is -0.207. The Bertz CT molecular complexity index is 275. The fraction of sp³-hybridized carbons (Fsp3) is 0.875. The Morgan fingerprint density at radius 3 is 2.50 bits per heavy atom. The minimum Gasteiger partial charge on any atom is -0.378 e. The molecule has 0 aliphatic rings. The number of hydrogen-bond donors (Lipinski definition) is 1. The topological polar surface area (TPSA) is 87.9 Å². The molecule has 0 fully saturated rings. The van der Waals surface area contributed by atoms with Gasteiger partial charge in [0.15, 0.2) is 0 Å². The van der Waals surface area contributed by atoms with E-state index in [0.29, 0.717) is 6.42 Å². The molecule has 0 aliphatic heterocycles. The van der Waals surface area contributed by atoms with Gasteiger partial charge >= 0.3 is 12.9 Å². The van der Waals surface area contributed by atoms with Crippen molar-refractivity contribution in [3.63, 3.8) is 0 Å². The van der Waals surface area contributed by atoms with Crippen molar-refractivity contribution >= 4 is 24.2 Å². The van der Waals surface area contributed by atoms with Gasteiger partial charge in [-0.15, -0.1) is 4.67 Å². The van der Waals surface area contributed by atoms with E-state index in [1.54, 1.807) is 13.8 Å². The van der Waals surface area contributed by atoms with Crippen molar-refractivity contribution in [3.8, 4) is 0 Å². The molecule has 3 atom stereocenters. The minimum atomic E-state index is -4.05. The smallest absolute Gasteiger partial charge is 0.378 e. The van der Waals surface area contributed by atoms with Crippen LogP contribution in [-0.4, -0.2) is 18.6 Å².